The fourth-order valence-corrected chi connectivity index (χ4v) is 1.11. The van der Waals surface area contributed by atoms with E-state index in [1.165, 1.54) is 7.11 Å². The average molecular weight is 157 g/mol. The number of hydrogen-bond donors (Lipinski definition) is 1. The Morgan fingerprint density at radius 1 is 1.82 bits per heavy atom. The van der Waals surface area contributed by atoms with Crippen molar-refractivity contribution in [3.63, 3.8) is 0 Å². The molecule has 0 radical (unpaired) electrons. The fraction of sp³-hybridized carbons (Fsp3) is 0.714. The van der Waals surface area contributed by atoms with Crippen LogP contribution in [-0.4, -0.2) is 25.0 Å². The van der Waals surface area contributed by atoms with E-state index in [4.69, 9.17) is 0 Å². The SMILES string of the molecule is COC(=O)C[C@@H]1CCC(=O)N1. The summed E-state index contributed by atoms with van der Waals surface area (Å²) in [6.07, 6.45) is 1.57. The Kier molecular flexibility index (Phi) is 2.46. The van der Waals surface area contributed by atoms with Gasteiger partial charge in [0, 0.05) is 12.5 Å². The van der Waals surface area contributed by atoms with Crippen molar-refractivity contribution < 1.29 is 14.3 Å². The standard InChI is InChI=1S/C7H11NO3/c1-11-7(10)4-5-2-3-6(9)8-5/h5H,2-4H2,1H3,(H,8,9)/t5-/m0/s1. The smallest absolute Gasteiger partial charge is 0.307 e. The number of hydrogen-bond acceptors (Lipinski definition) is 3. The first kappa shape index (κ1) is 8.04. The van der Waals surface area contributed by atoms with Crippen LogP contribution in [0.1, 0.15) is 19.3 Å². The van der Waals surface area contributed by atoms with E-state index in [0.29, 0.717) is 12.8 Å². The normalized spacial score (nSPS) is 23.0. The van der Waals surface area contributed by atoms with E-state index in [9.17, 15) is 9.59 Å². The van der Waals surface area contributed by atoms with Crippen LogP contribution in [0.2, 0.25) is 0 Å². The zero-order valence-electron chi connectivity index (χ0n) is 6.42. The Hall–Kier alpha value is -1.06. The number of nitrogens with one attached hydrogen (secondary N) is 1. The first-order chi connectivity index (χ1) is 5.22. The highest BCUT2D eigenvalue weighted by atomic mass is 16.5. The molecule has 1 aliphatic rings. The molecule has 4 nitrogen and oxygen atoms in total. The minimum Gasteiger partial charge on any atom is -0.469 e. The summed E-state index contributed by atoms with van der Waals surface area (Å²) in [5.41, 5.74) is 0. The van der Waals surface area contributed by atoms with Crippen molar-refractivity contribution in [3.8, 4) is 0 Å². The third-order valence-electron chi connectivity index (χ3n) is 1.73. The molecule has 0 aromatic rings. The van der Waals surface area contributed by atoms with Crippen molar-refractivity contribution in [3.05, 3.63) is 0 Å². The maximum atomic E-state index is 10.7. The molecular formula is C7H11NO3. The van der Waals surface area contributed by atoms with Gasteiger partial charge in [0.15, 0.2) is 0 Å². The molecule has 0 saturated carbocycles. The predicted molar refractivity (Wildman–Crippen MR) is 37.8 cm³/mol. The van der Waals surface area contributed by atoms with Crippen LogP contribution in [-0.2, 0) is 14.3 Å². The zero-order chi connectivity index (χ0) is 8.27. The van der Waals surface area contributed by atoms with Crippen LogP contribution in [0.5, 0.6) is 0 Å². The van der Waals surface area contributed by atoms with E-state index in [-0.39, 0.29) is 17.9 Å². The van der Waals surface area contributed by atoms with Gasteiger partial charge in [0.25, 0.3) is 0 Å². The second-order valence-corrected chi connectivity index (χ2v) is 2.58. The summed E-state index contributed by atoms with van der Waals surface area (Å²) < 4.78 is 4.46. The van der Waals surface area contributed by atoms with Gasteiger partial charge in [-0.05, 0) is 6.42 Å². The highest BCUT2D eigenvalue weighted by Gasteiger charge is 2.22. The van der Waals surface area contributed by atoms with Gasteiger partial charge in [0.05, 0.1) is 13.5 Å². The van der Waals surface area contributed by atoms with Gasteiger partial charge in [0.2, 0.25) is 5.91 Å². The van der Waals surface area contributed by atoms with Gasteiger partial charge in [-0.3, -0.25) is 9.59 Å². The lowest BCUT2D eigenvalue weighted by Crippen LogP contribution is -2.27. The Labute approximate surface area is 64.9 Å². The summed E-state index contributed by atoms with van der Waals surface area (Å²) in [5.74, 6) is -0.240. The van der Waals surface area contributed by atoms with Gasteiger partial charge in [-0.15, -0.1) is 0 Å². The number of ether oxygens (including phenoxy) is 1. The summed E-state index contributed by atoms with van der Waals surface area (Å²) in [6.45, 7) is 0. The summed E-state index contributed by atoms with van der Waals surface area (Å²) in [4.78, 5) is 21.4. The van der Waals surface area contributed by atoms with Crippen LogP contribution in [0, 0.1) is 0 Å². The first-order valence-corrected chi connectivity index (χ1v) is 3.58. The van der Waals surface area contributed by atoms with Gasteiger partial charge in [-0.25, -0.2) is 0 Å². The molecule has 1 N–H and O–H groups in total. The molecule has 0 aromatic carbocycles. The quantitative estimate of drug-likeness (QED) is 0.566. The van der Waals surface area contributed by atoms with E-state index >= 15 is 0 Å². The van der Waals surface area contributed by atoms with Gasteiger partial charge in [-0.2, -0.15) is 0 Å². The lowest BCUT2D eigenvalue weighted by atomic mass is 10.2. The molecule has 0 aliphatic carbocycles. The molecule has 1 rings (SSSR count). The maximum Gasteiger partial charge on any atom is 0.307 e. The molecule has 11 heavy (non-hydrogen) atoms. The molecule has 0 unspecified atom stereocenters. The van der Waals surface area contributed by atoms with Crippen molar-refractivity contribution in [2.45, 2.75) is 25.3 Å². The summed E-state index contributed by atoms with van der Waals surface area (Å²) in [6, 6.07) is -0.00468. The monoisotopic (exact) mass is 157 g/mol. The van der Waals surface area contributed by atoms with E-state index in [2.05, 4.69) is 10.1 Å². The van der Waals surface area contributed by atoms with E-state index in [1.54, 1.807) is 0 Å². The number of amides is 1. The second-order valence-electron chi connectivity index (χ2n) is 2.58. The van der Waals surface area contributed by atoms with Crippen LogP contribution < -0.4 is 5.32 Å². The molecule has 0 spiro atoms. The van der Waals surface area contributed by atoms with Crippen molar-refractivity contribution in [2.24, 2.45) is 0 Å². The second kappa shape index (κ2) is 3.37. The van der Waals surface area contributed by atoms with Crippen LogP contribution in [0.4, 0.5) is 0 Å². The number of rotatable bonds is 2. The van der Waals surface area contributed by atoms with Gasteiger partial charge in [0.1, 0.15) is 0 Å². The van der Waals surface area contributed by atoms with Gasteiger partial charge < -0.3 is 10.1 Å². The highest BCUT2D eigenvalue weighted by Crippen LogP contribution is 2.09. The Bertz CT molecular complexity index is 179. The lowest BCUT2D eigenvalue weighted by Gasteiger charge is -2.06. The maximum absolute atomic E-state index is 10.7. The fourth-order valence-electron chi connectivity index (χ4n) is 1.11. The van der Waals surface area contributed by atoms with Crippen molar-refractivity contribution in [1.82, 2.24) is 5.32 Å². The van der Waals surface area contributed by atoms with Gasteiger partial charge in [-0.1, -0.05) is 0 Å². The summed E-state index contributed by atoms with van der Waals surface area (Å²) >= 11 is 0. The van der Waals surface area contributed by atoms with Crippen LogP contribution in [0.15, 0.2) is 0 Å². The number of carbonyl (C=O) groups is 2. The van der Waals surface area contributed by atoms with Crippen LogP contribution >= 0.6 is 0 Å². The minimum absolute atomic E-state index is 0.00468. The van der Waals surface area contributed by atoms with Gasteiger partial charge >= 0.3 is 5.97 Å². The molecule has 62 valence electrons. The third kappa shape index (κ3) is 2.22. The Morgan fingerprint density at radius 3 is 3.00 bits per heavy atom. The minimum atomic E-state index is -0.266. The molecule has 0 aromatic heterocycles. The molecule has 1 amide bonds. The molecule has 1 atom stereocenters. The molecule has 1 fully saturated rings. The zero-order valence-corrected chi connectivity index (χ0v) is 6.42. The molecule has 1 heterocycles. The molecular weight excluding hydrogens is 146 g/mol. The molecule has 4 heteroatoms. The average Bonchev–Trinajstić information content (AvgIpc) is 2.35. The van der Waals surface area contributed by atoms with Crippen molar-refractivity contribution in [1.29, 1.82) is 0 Å². The Morgan fingerprint density at radius 2 is 2.55 bits per heavy atom. The largest absolute Gasteiger partial charge is 0.469 e. The number of carbonyl (C=O) groups excluding carboxylic acids is 2. The van der Waals surface area contributed by atoms with E-state index in [1.807, 2.05) is 0 Å². The molecule has 0 bridgehead atoms. The summed E-state index contributed by atoms with van der Waals surface area (Å²) in [7, 11) is 1.35. The lowest BCUT2D eigenvalue weighted by molar-refractivity contribution is -0.141. The van der Waals surface area contributed by atoms with Crippen molar-refractivity contribution in [2.75, 3.05) is 7.11 Å². The first-order valence-electron chi connectivity index (χ1n) is 3.58. The highest BCUT2D eigenvalue weighted by molar-refractivity contribution is 5.80. The van der Waals surface area contributed by atoms with Crippen LogP contribution in [0.3, 0.4) is 0 Å². The van der Waals surface area contributed by atoms with Crippen molar-refractivity contribution >= 4 is 11.9 Å². The third-order valence-corrected chi connectivity index (χ3v) is 1.73. The number of methoxy groups -OCH3 is 1. The Balaban J connectivity index is 2.28. The van der Waals surface area contributed by atoms with Crippen LogP contribution in [0.25, 0.3) is 0 Å². The molecule has 1 aliphatic heterocycles. The molecule has 1 saturated heterocycles. The number of esters is 1. The predicted octanol–water partition coefficient (Wildman–Crippen LogP) is -0.172. The summed E-state index contributed by atoms with van der Waals surface area (Å²) in [5, 5.41) is 2.68. The van der Waals surface area contributed by atoms with E-state index < -0.39 is 0 Å². The topological polar surface area (TPSA) is 55.4 Å². The van der Waals surface area contributed by atoms with E-state index in [0.717, 1.165) is 6.42 Å².